The van der Waals surface area contributed by atoms with Gasteiger partial charge in [0.25, 0.3) is 0 Å². The molecule has 0 radical (unpaired) electrons. The van der Waals surface area contributed by atoms with Crippen molar-refractivity contribution in [2.24, 2.45) is 0 Å². The maximum atomic E-state index is 11.8. The van der Waals surface area contributed by atoms with Crippen molar-refractivity contribution in [2.75, 3.05) is 19.7 Å². The lowest BCUT2D eigenvalue weighted by molar-refractivity contribution is -0.125. The number of carbonyl (C=O) groups excluding carboxylic acids is 1. The number of likely N-dealkylation sites (tertiary alicyclic amines) is 1. The maximum Gasteiger partial charge on any atom is 0.246 e. The van der Waals surface area contributed by atoms with E-state index in [0.717, 1.165) is 12.2 Å². The van der Waals surface area contributed by atoms with Crippen LogP contribution in [0.2, 0.25) is 5.02 Å². The predicted octanol–water partition coefficient (Wildman–Crippen LogP) is 2.22. The summed E-state index contributed by atoms with van der Waals surface area (Å²) in [5.41, 5.74) is 2.21. The van der Waals surface area contributed by atoms with E-state index in [1.54, 1.807) is 6.20 Å². The summed E-state index contributed by atoms with van der Waals surface area (Å²) in [7, 11) is 0. The van der Waals surface area contributed by atoms with Crippen LogP contribution in [0.5, 0.6) is 0 Å². The number of halogens is 1. The first-order chi connectivity index (χ1) is 12.2. The minimum Gasteiger partial charge on any atom is -0.366 e. The lowest BCUT2D eigenvalue weighted by atomic mass is 9.93. The number of ether oxygens (including phenoxy) is 1. The lowest BCUT2D eigenvalue weighted by Gasteiger charge is -2.25. The Morgan fingerprint density at radius 2 is 2.08 bits per heavy atom. The average Bonchev–Trinajstić information content (AvgIpc) is 2.86. The molecule has 3 heterocycles. The topological polar surface area (TPSA) is 54.5 Å². The van der Waals surface area contributed by atoms with Gasteiger partial charge < -0.3 is 10.1 Å². The molecular weight excluding hydrogens is 338 g/mol. The molecule has 3 atom stereocenters. The van der Waals surface area contributed by atoms with Crippen molar-refractivity contribution in [3.05, 3.63) is 64.9 Å². The first-order valence-electron chi connectivity index (χ1n) is 8.48. The molecule has 4 rings (SSSR count). The molecule has 2 saturated heterocycles. The molecule has 25 heavy (non-hydrogen) atoms. The third kappa shape index (κ3) is 3.54. The van der Waals surface area contributed by atoms with Crippen molar-refractivity contribution in [3.8, 4) is 0 Å². The van der Waals surface area contributed by atoms with E-state index in [1.165, 1.54) is 5.56 Å². The molecule has 0 unspecified atom stereocenters. The Balaban J connectivity index is 1.60. The van der Waals surface area contributed by atoms with Crippen LogP contribution in [-0.2, 0) is 16.1 Å². The van der Waals surface area contributed by atoms with Crippen LogP contribution in [0.15, 0.2) is 48.7 Å². The maximum absolute atomic E-state index is 11.8. The zero-order valence-corrected chi connectivity index (χ0v) is 14.5. The summed E-state index contributed by atoms with van der Waals surface area (Å²) < 4.78 is 6.00. The predicted molar refractivity (Wildman–Crippen MR) is 95.4 cm³/mol. The summed E-state index contributed by atoms with van der Waals surface area (Å²) in [6, 6.07) is 14.3. The van der Waals surface area contributed by atoms with Crippen LogP contribution in [0.4, 0.5) is 0 Å². The van der Waals surface area contributed by atoms with Crippen LogP contribution in [0, 0.1) is 0 Å². The number of aromatic nitrogens is 1. The Hall–Kier alpha value is -1.95. The third-order valence-electron chi connectivity index (χ3n) is 4.97. The van der Waals surface area contributed by atoms with Crippen LogP contribution in [-0.4, -0.2) is 47.6 Å². The highest BCUT2D eigenvalue weighted by molar-refractivity contribution is 6.30. The molecule has 1 N–H and O–H groups in total. The number of benzene rings is 1. The van der Waals surface area contributed by atoms with Crippen molar-refractivity contribution in [3.63, 3.8) is 0 Å². The van der Waals surface area contributed by atoms with Crippen LogP contribution < -0.4 is 5.32 Å². The van der Waals surface area contributed by atoms with Gasteiger partial charge in [-0.1, -0.05) is 41.9 Å². The van der Waals surface area contributed by atoms with Gasteiger partial charge in [0.1, 0.15) is 6.61 Å². The van der Waals surface area contributed by atoms with Gasteiger partial charge in [0.05, 0.1) is 22.9 Å². The van der Waals surface area contributed by atoms with E-state index in [4.69, 9.17) is 16.3 Å². The Kier molecular flexibility index (Phi) is 4.70. The molecule has 1 aromatic carbocycles. The van der Waals surface area contributed by atoms with Crippen molar-refractivity contribution >= 4 is 17.5 Å². The average molecular weight is 358 g/mol. The summed E-state index contributed by atoms with van der Waals surface area (Å²) in [4.78, 5) is 18.5. The normalized spacial score (nSPS) is 26.8. The molecule has 2 fully saturated rings. The number of pyridine rings is 1. The number of fused-ring (bicyclic) bond motifs is 1. The number of amides is 1. The van der Waals surface area contributed by atoms with E-state index in [9.17, 15) is 4.79 Å². The second-order valence-electron chi connectivity index (χ2n) is 6.56. The third-order valence-corrected chi connectivity index (χ3v) is 5.20. The molecule has 5 nitrogen and oxygen atoms in total. The standard InChI is InChI=1S/C19H20ClN3O2/c20-14-6-7-15(21-8-14)10-23-11-16(13-4-2-1-3-5-13)19-17(23)9-22-18(24)12-25-19/h1-8,16-17,19H,9-12H2,(H,22,24)/t16-,17-,19-/m1/s1. The molecule has 1 amide bonds. The smallest absolute Gasteiger partial charge is 0.246 e. The van der Waals surface area contributed by atoms with Gasteiger partial charge in [0.2, 0.25) is 5.91 Å². The molecule has 0 saturated carbocycles. The second kappa shape index (κ2) is 7.12. The van der Waals surface area contributed by atoms with E-state index in [1.807, 2.05) is 30.3 Å². The van der Waals surface area contributed by atoms with Crippen LogP contribution in [0.25, 0.3) is 0 Å². The van der Waals surface area contributed by atoms with Gasteiger partial charge in [-0.3, -0.25) is 14.7 Å². The fraction of sp³-hybridized carbons (Fsp3) is 0.368. The van der Waals surface area contributed by atoms with Gasteiger partial charge >= 0.3 is 0 Å². The number of hydrogen-bond donors (Lipinski definition) is 1. The molecule has 130 valence electrons. The highest BCUT2D eigenvalue weighted by Gasteiger charge is 2.44. The van der Waals surface area contributed by atoms with Gasteiger partial charge in [-0.05, 0) is 17.7 Å². The number of nitrogens with one attached hydrogen (secondary N) is 1. The van der Waals surface area contributed by atoms with Crippen molar-refractivity contribution in [2.45, 2.75) is 24.6 Å². The quantitative estimate of drug-likeness (QED) is 0.915. The molecule has 1 aromatic heterocycles. The lowest BCUT2D eigenvalue weighted by Crippen LogP contribution is -2.42. The van der Waals surface area contributed by atoms with E-state index in [0.29, 0.717) is 18.1 Å². The number of nitrogens with zero attached hydrogens (tertiary/aromatic N) is 2. The van der Waals surface area contributed by atoms with Crippen molar-refractivity contribution in [1.29, 1.82) is 0 Å². The van der Waals surface area contributed by atoms with Gasteiger partial charge in [-0.2, -0.15) is 0 Å². The number of hydrogen-bond acceptors (Lipinski definition) is 4. The molecule has 0 spiro atoms. The SMILES string of the molecule is O=C1CO[C@@H]2[C@@H](c3ccccc3)CN(Cc3ccc(Cl)cn3)[C@@H]2CN1. The summed E-state index contributed by atoms with van der Waals surface area (Å²) in [5.74, 6) is 0.192. The van der Waals surface area contributed by atoms with Gasteiger partial charge in [0, 0.05) is 31.7 Å². The van der Waals surface area contributed by atoms with Crippen LogP contribution >= 0.6 is 11.6 Å². The Labute approximate surface area is 152 Å². The van der Waals surface area contributed by atoms with Gasteiger partial charge in [0.15, 0.2) is 0 Å². The molecule has 6 heteroatoms. The van der Waals surface area contributed by atoms with E-state index < -0.39 is 0 Å². The first-order valence-corrected chi connectivity index (χ1v) is 8.86. The van der Waals surface area contributed by atoms with Crippen molar-refractivity contribution < 1.29 is 9.53 Å². The fourth-order valence-corrected chi connectivity index (χ4v) is 3.88. The van der Waals surface area contributed by atoms with E-state index in [-0.39, 0.29) is 30.6 Å². The zero-order valence-electron chi connectivity index (χ0n) is 13.8. The van der Waals surface area contributed by atoms with Crippen LogP contribution in [0.3, 0.4) is 0 Å². The van der Waals surface area contributed by atoms with Crippen molar-refractivity contribution in [1.82, 2.24) is 15.2 Å². The minimum atomic E-state index is -0.0502. The molecule has 0 bridgehead atoms. The largest absolute Gasteiger partial charge is 0.366 e. The summed E-state index contributed by atoms with van der Waals surface area (Å²) >= 11 is 5.94. The van der Waals surface area contributed by atoms with E-state index in [2.05, 4.69) is 27.3 Å². The second-order valence-corrected chi connectivity index (χ2v) is 7.00. The van der Waals surface area contributed by atoms with Crippen LogP contribution in [0.1, 0.15) is 17.2 Å². The highest BCUT2D eigenvalue weighted by Crippen LogP contribution is 2.35. The minimum absolute atomic E-state index is 0.00588. The molecular formula is C19H20ClN3O2. The fourth-order valence-electron chi connectivity index (χ4n) is 3.77. The Morgan fingerprint density at radius 3 is 2.84 bits per heavy atom. The monoisotopic (exact) mass is 357 g/mol. The summed E-state index contributed by atoms with van der Waals surface area (Å²) in [6.07, 6.45) is 1.67. The van der Waals surface area contributed by atoms with Gasteiger partial charge in [-0.25, -0.2) is 0 Å². The van der Waals surface area contributed by atoms with E-state index >= 15 is 0 Å². The Bertz CT molecular complexity index is 738. The molecule has 2 aromatic rings. The summed E-state index contributed by atoms with van der Waals surface area (Å²) in [6.45, 7) is 2.30. The first kappa shape index (κ1) is 16.5. The molecule has 2 aliphatic heterocycles. The van der Waals surface area contributed by atoms with Gasteiger partial charge in [-0.15, -0.1) is 0 Å². The number of rotatable bonds is 3. The number of carbonyl (C=O) groups is 1. The molecule has 2 aliphatic rings. The Morgan fingerprint density at radius 1 is 1.24 bits per heavy atom. The summed E-state index contributed by atoms with van der Waals surface area (Å²) in [5, 5.41) is 3.60. The highest BCUT2D eigenvalue weighted by atomic mass is 35.5. The zero-order chi connectivity index (χ0) is 17.2. The molecule has 0 aliphatic carbocycles.